The summed E-state index contributed by atoms with van der Waals surface area (Å²) in [5, 5.41) is 10.6. The molecule has 0 aromatic heterocycles. The molecule has 2 amide bonds. The third-order valence-corrected chi connectivity index (χ3v) is 3.54. The highest BCUT2D eigenvalue weighted by Gasteiger charge is 2.44. The van der Waals surface area contributed by atoms with E-state index in [4.69, 9.17) is 10.1 Å². The van der Waals surface area contributed by atoms with Gasteiger partial charge >= 0.3 is 6.03 Å². The van der Waals surface area contributed by atoms with Gasteiger partial charge in [-0.1, -0.05) is 12.1 Å². The molecule has 5 heteroatoms. The number of hydrogen-bond donors (Lipinski definition) is 2. The topological polar surface area (TPSA) is 65.4 Å². The summed E-state index contributed by atoms with van der Waals surface area (Å²) in [5.74, 6) is 1.07. The Kier molecular flexibility index (Phi) is 3.12. The molecule has 0 spiro atoms. The summed E-state index contributed by atoms with van der Waals surface area (Å²) in [5.41, 5.74) is 0.955. The summed E-state index contributed by atoms with van der Waals surface area (Å²) in [4.78, 5) is 13.7. The number of ether oxygens (including phenoxy) is 1. The van der Waals surface area contributed by atoms with E-state index in [1.165, 1.54) is 0 Å². The van der Waals surface area contributed by atoms with Crippen molar-refractivity contribution in [3.63, 3.8) is 0 Å². The van der Waals surface area contributed by atoms with Gasteiger partial charge in [0, 0.05) is 6.04 Å². The van der Waals surface area contributed by atoms with Gasteiger partial charge in [-0.05, 0) is 44.4 Å². The minimum Gasteiger partial charge on any atom is -0.491 e. The Bertz CT molecular complexity index is 535. The summed E-state index contributed by atoms with van der Waals surface area (Å²) in [7, 11) is 0. The van der Waals surface area contributed by atoms with Gasteiger partial charge in [-0.2, -0.15) is 0 Å². The Hall–Kier alpha value is -2.04. The van der Waals surface area contributed by atoms with Crippen molar-refractivity contribution >= 4 is 11.9 Å². The van der Waals surface area contributed by atoms with Crippen LogP contribution in [0.1, 0.15) is 38.3 Å². The first-order chi connectivity index (χ1) is 9.56. The fourth-order valence-electron chi connectivity index (χ4n) is 2.56. The second-order valence-corrected chi connectivity index (χ2v) is 5.62. The first-order valence-corrected chi connectivity index (χ1v) is 7.00. The van der Waals surface area contributed by atoms with Gasteiger partial charge in [0.05, 0.1) is 6.10 Å². The van der Waals surface area contributed by atoms with Crippen molar-refractivity contribution in [3.8, 4) is 5.75 Å². The molecule has 3 rings (SSSR count). The van der Waals surface area contributed by atoms with E-state index in [1.54, 1.807) is 4.90 Å². The van der Waals surface area contributed by atoms with E-state index in [2.05, 4.69) is 5.32 Å². The van der Waals surface area contributed by atoms with E-state index in [0.717, 1.165) is 24.2 Å². The molecule has 1 unspecified atom stereocenters. The van der Waals surface area contributed by atoms with Crippen LogP contribution in [0, 0.1) is 5.41 Å². The number of rotatable bonds is 4. The number of hydrogen-bond acceptors (Lipinski definition) is 3. The maximum atomic E-state index is 11.9. The van der Waals surface area contributed by atoms with Gasteiger partial charge in [0.2, 0.25) is 0 Å². The highest BCUT2D eigenvalue weighted by molar-refractivity contribution is 6.06. The normalized spacial score (nSPS) is 22.4. The predicted octanol–water partition coefficient (Wildman–Crippen LogP) is 2.68. The van der Waals surface area contributed by atoms with Crippen molar-refractivity contribution < 1.29 is 9.53 Å². The SMILES string of the molecule is CC(C)Oc1ccc(C2C(=N)NC(=O)N2C2CC2)cc1. The summed E-state index contributed by atoms with van der Waals surface area (Å²) >= 11 is 0. The average Bonchev–Trinajstić information content (AvgIpc) is 3.16. The Balaban J connectivity index is 1.83. The van der Waals surface area contributed by atoms with Crippen molar-refractivity contribution in [2.75, 3.05) is 0 Å². The number of amidine groups is 1. The van der Waals surface area contributed by atoms with E-state index in [9.17, 15) is 4.79 Å². The van der Waals surface area contributed by atoms with Crippen LogP contribution in [0.4, 0.5) is 4.79 Å². The molecule has 2 fully saturated rings. The number of nitrogens with one attached hydrogen (secondary N) is 2. The quantitative estimate of drug-likeness (QED) is 0.885. The fraction of sp³-hybridized carbons (Fsp3) is 0.467. The van der Waals surface area contributed by atoms with Gasteiger partial charge in [-0.25, -0.2) is 4.79 Å². The molecule has 20 heavy (non-hydrogen) atoms. The van der Waals surface area contributed by atoms with Crippen molar-refractivity contribution in [1.29, 1.82) is 5.41 Å². The third-order valence-electron chi connectivity index (χ3n) is 3.54. The van der Waals surface area contributed by atoms with Crippen LogP contribution in [-0.2, 0) is 0 Å². The maximum Gasteiger partial charge on any atom is 0.323 e. The number of amides is 2. The Labute approximate surface area is 118 Å². The second-order valence-electron chi connectivity index (χ2n) is 5.62. The number of benzene rings is 1. The summed E-state index contributed by atoms with van der Waals surface area (Å²) in [6.07, 6.45) is 2.20. The lowest BCUT2D eigenvalue weighted by molar-refractivity contribution is 0.202. The molecule has 1 saturated heterocycles. The third kappa shape index (κ3) is 2.35. The maximum absolute atomic E-state index is 11.9. The molecule has 5 nitrogen and oxygen atoms in total. The Morgan fingerprint density at radius 1 is 1.30 bits per heavy atom. The lowest BCUT2D eigenvalue weighted by Gasteiger charge is -2.22. The zero-order valence-corrected chi connectivity index (χ0v) is 11.7. The van der Waals surface area contributed by atoms with Gasteiger partial charge in [-0.3, -0.25) is 10.7 Å². The van der Waals surface area contributed by atoms with E-state index in [1.807, 2.05) is 38.1 Å². The van der Waals surface area contributed by atoms with Gasteiger partial charge < -0.3 is 9.64 Å². The van der Waals surface area contributed by atoms with E-state index < -0.39 is 0 Å². The number of nitrogens with zero attached hydrogens (tertiary/aromatic N) is 1. The molecule has 1 aromatic carbocycles. The van der Waals surface area contributed by atoms with Crippen LogP contribution in [0.3, 0.4) is 0 Å². The van der Waals surface area contributed by atoms with Crippen LogP contribution in [0.25, 0.3) is 0 Å². The van der Waals surface area contributed by atoms with Crippen LogP contribution >= 0.6 is 0 Å². The van der Waals surface area contributed by atoms with E-state index in [-0.39, 0.29) is 30.1 Å². The van der Waals surface area contributed by atoms with Crippen molar-refractivity contribution in [1.82, 2.24) is 10.2 Å². The molecule has 2 N–H and O–H groups in total. The Morgan fingerprint density at radius 3 is 2.50 bits per heavy atom. The van der Waals surface area contributed by atoms with Crippen LogP contribution in [0.15, 0.2) is 24.3 Å². The van der Waals surface area contributed by atoms with Gasteiger partial charge in [0.15, 0.2) is 0 Å². The van der Waals surface area contributed by atoms with Gasteiger partial charge in [0.1, 0.15) is 17.6 Å². The molecule has 1 atom stereocenters. The Morgan fingerprint density at radius 2 is 1.95 bits per heavy atom. The van der Waals surface area contributed by atoms with Crippen LogP contribution in [0.2, 0.25) is 0 Å². The number of carbonyl (C=O) groups is 1. The molecule has 1 aliphatic heterocycles. The highest BCUT2D eigenvalue weighted by Crippen LogP contribution is 2.37. The summed E-state index contributed by atoms with van der Waals surface area (Å²) < 4.78 is 5.62. The minimum absolute atomic E-state index is 0.136. The van der Waals surface area contributed by atoms with Crippen molar-refractivity contribution in [2.24, 2.45) is 0 Å². The highest BCUT2D eigenvalue weighted by atomic mass is 16.5. The fourth-order valence-corrected chi connectivity index (χ4v) is 2.56. The first kappa shape index (κ1) is 13.0. The number of urea groups is 1. The molecule has 1 aliphatic carbocycles. The van der Waals surface area contributed by atoms with Gasteiger partial charge in [-0.15, -0.1) is 0 Å². The summed E-state index contributed by atoms with van der Waals surface area (Å²) in [6.45, 7) is 3.97. The zero-order valence-electron chi connectivity index (χ0n) is 11.7. The largest absolute Gasteiger partial charge is 0.491 e. The molecule has 2 aliphatic rings. The predicted molar refractivity (Wildman–Crippen MR) is 76.1 cm³/mol. The standard InChI is InChI=1S/C15H19N3O2/c1-9(2)20-12-7-3-10(4-8-12)13-14(16)17-15(19)18(13)11-5-6-11/h3-4,7-9,11,13H,5-6H2,1-2H3,(H2,16,17,19). The lowest BCUT2D eigenvalue weighted by atomic mass is 10.1. The molecular formula is C15H19N3O2. The van der Waals surface area contributed by atoms with Gasteiger partial charge in [0.25, 0.3) is 0 Å². The summed E-state index contributed by atoms with van der Waals surface area (Å²) in [6, 6.07) is 7.54. The van der Waals surface area contributed by atoms with E-state index >= 15 is 0 Å². The minimum atomic E-state index is -0.275. The molecule has 106 valence electrons. The molecule has 0 bridgehead atoms. The molecular weight excluding hydrogens is 254 g/mol. The zero-order chi connectivity index (χ0) is 14.3. The van der Waals surface area contributed by atoms with Crippen LogP contribution < -0.4 is 10.1 Å². The van der Waals surface area contributed by atoms with Crippen LogP contribution in [-0.4, -0.2) is 28.9 Å². The van der Waals surface area contributed by atoms with Crippen LogP contribution in [0.5, 0.6) is 5.75 Å². The van der Waals surface area contributed by atoms with E-state index in [0.29, 0.717) is 0 Å². The molecule has 1 heterocycles. The lowest BCUT2D eigenvalue weighted by Crippen LogP contribution is -2.31. The number of carbonyl (C=O) groups excluding carboxylic acids is 1. The molecule has 1 saturated carbocycles. The average molecular weight is 273 g/mol. The monoisotopic (exact) mass is 273 g/mol. The smallest absolute Gasteiger partial charge is 0.323 e. The second kappa shape index (κ2) is 4.81. The molecule has 1 aromatic rings. The first-order valence-electron chi connectivity index (χ1n) is 7.00. The van der Waals surface area contributed by atoms with Crippen molar-refractivity contribution in [3.05, 3.63) is 29.8 Å². The van der Waals surface area contributed by atoms with Crippen molar-refractivity contribution in [2.45, 2.75) is 44.9 Å². The molecule has 0 radical (unpaired) electrons.